The molecule has 20 heavy (non-hydrogen) atoms. The molecular weight excluding hydrogens is 252 g/mol. The SMILES string of the molecule is C=CCCC(=O)NC1CCC(Oc2ccccn2)CC1. The molecule has 1 aliphatic carbocycles. The molecule has 0 radical (unpaired) electrons. The summed E-state index contributed by atoms with van der Waals surface area (Å²) in [5.41, 5.74) is 0. The number of amides is 1. The van der Waals surface area contributed by atoms with E-state index in [9.17, 15) is 4.79 Å². The van der Waals surface area contributed by atoms with Crippen molar-refractivity contribution in [2.45, 2.75) is 50.7 Å². The molecule has 0 atom stereocenters. The summed E-state index contributed by atoms with van der Waals surface area (Å²) in [7, 11) is 0. The van der Waals surface area contributed by atoms with Crippen LogP contribution in [-0.2, 0) is 4.79 Å². The van der Waals surface area contributed by atoms with Crippen molar-refractivity contribution in [1.29, 1.82) is 0 Å². The lowest BCUT2D eigenvalue weighted by atomic mass is 9.93. The monoisotopic (exact) mass is 274 g/mol. The summed E-state index contributed by atoms with van der Waals surface area (Å²) in [4.78, 5) is 15.8. The second kappa shape index (κ2) is 7.68. The van der Waals surface area contributed by atoms with Gasteiger partial charge >= 0.3 is 0 Å². The molecule has 0 aromatic carbocycles. The number of aromatic nitrogens is 1. The Balaban J connectivity index is 1.70. The number of hydrogen-bond acceptors (Lipinski definition) is 3. The number of hydrogen-bond donors (Lipinski definition) is 1. The summed E-state index contributed by atoms with van der Waals surface area (Å²) in [5.74, 6) is 0.810. The van der Waals surface area contributed by atoms with Crippen molar-refractivity contribution in [2.75, 3.05) is 0 Å². The molecule has 1 fully saturated rings. The van der Waals surface area contributed by atoms with Crippen LogP contribution in [0, 0.1) is 0 Å². The molecule has 1 heterocycles. The fourth-order valence-corrected chi connectivity index (χ4v) is 2.45. The van der Waals surface area contributed by atoms with Crippen molar-refractivity contribution in [3.8, 4) is 5.88 Å². The van der Waals surface area contributed by atoms with Gasteiger partial charge in [-0.2, -0.15) is 0 Å². The van der Waals surface area contributed by atoms with Crippen LogP contribution in [0.1, 0.15) is 38.5 Å². The van der Waals surface area contributed by atoms with Crippen LogP contribution in [0.5, 0.6) is 5.88 Å². The first-order valence-electron chi connectivity index (χ1n) is 7.26. The number of allylic oxidation sites excluding steroid dienone is 1. The molecular formula is C16H22N2O2. The van der Waals surface area contributed by atoms with Gasteiger partial charge in [0.25, 0.3) is 0 Å². The highest BCUT2D eigenvalue weighted by Gasteiger charge is 2.23. The quantitative estimate of drug-likeness (QED) is 0.812. The molecule has 1 aliphatic rings. The number of nitrogens with one attached hydrogen (secondary N) is 1. The van der Waals surface area contributed by atoms with E-state index in [2.05, 4.69) is 16.9 Å². The number of carbonyl (C=O) groups is 1. The Kier molecular flexibility index (Phi) is 5.59. The molecule has 1 N–H and O–H groups in total. The summed E-state index contributed by atoms with van der Waals surface area (Å²) in [5, 5.41) is 3.08. The Labute approximate surface area is 120 Å². The number of pyridine rings is 1. The Morgan fingerprint density at radius 3 is 2.85 bits per heavy atom. The van der Waals surface area contributed by atoms with Gasteiger partial charge in [0.05, 0.1) is 0 Å². The summed E-state index contributed by atoms with van der Waals surface area (Å²) in [6.07, 6.45) is 8.86. The van der Waals surface area contributed by atoms with E-state index in [1.165, 1.54) is 0 Å². The molecule has 4 heteroatoms. The molecule has 4 nitrogen and oxygen atoms in total. The number of carbonyl (C=O) groups excluding carboxylic acids is 1. The third kappa shape index (κ3) is 4.68. The highest BCUT2D eigenvalue weighted by molar-refractivity contribution is 5.76. The summed E-state index contributed by atoms with van der Waals surface area (Å²) >= 11 is 0. The smallest absolute Gasteiger partial charge is 0.220 e. The zero-order valence-electron chi connectivity index (χ0n) is 11.8. The lowest BCUT2D eigenvalue weighted by molar-refractivity contribution is -0.122. The molecule has 2 rings (SSSR count). The molecule has 1 aromatic heterocycles. The maximum atomic E-state index is 11.6. The first-order chi connectivity index (χ1) is 9.78. The zero-order chi connectivity index (χ0) is 14.2. The maximum Gasteiger partial charge on any atom is 0.220 e. The van der Waals surface area contributed by atoms with Crippen molar-refractivity contribution in [2.24, 2.45) is 0 Å². The van der Waals surface area contributed by atoms with Crippen LogP contribution >= 0.6 is 0 Å². The molecule has 1 amide bonds. The number of rotatable bonds is 6. The molecule has 0 saturated heterocycles. The van der Waals surface area contributed by atoms with E-state index in [1.54, 1.807) is 12.3 Å². The second-order valence-electron chi connectivity index (χ2n) is 5.15. The molecule has 0 bridgehead atoms. The van der Waals surface area contributed by atoms with Crippen molar-refractivity contribution in [1.82, 2.24) is 10.3 Å². The molecule has 1 aromatic rings. The van der Waals surface area contributed by atoms with Gasteiger partial charge in [-0.05, 0) is 38.2 Å². The largest absolute Gasteiger partial charge is 0.474 e. The van der Waals surface area contributed by atoms with Gasteiger partial charge in [0.15, 0.2) is 0 Å². The van der Waals surface area contributed by atoms with E-state index in [4.69, 9.17) is 4.74 Å². The van der Waals surface area contributed by atoms with Crippen LogP contribution in [-0.4, -0.2) is 23.0 Å². The van der Waals surface area contributed by atoms with Crippen LogP contribution in [0.25, 0.3) is 0 Å². The van der Waals surface area contributed by atoms with Gasteiger partial charge in [-0.25, -0.2) is 4.98 Å². The van der Waals surface area contributed by atoms with Gasteiger partial charge in [0.2, 0.25) is 11.8 Å². The van der Waals surface area contributed by atoms with E-state index >= 15 is 0 Å². The predicted octanol–water partition coefficient (Wildman–Crippen LogP) is 2.85. The minimum absolute atomic E-state index is 0.124. The summed E-state index contributed by atoms with van der Waals surface area (Å²) in [6.45, 7) is 3.63. The first-order valence-corrected chi connectivity index (χ1v) is 7.26. The van der Waals surface area contributed by atoms with E-state index in [1.807, 2.05) is 18.2 Å². The van der Waals surface area contributed by atoms with Gasteiger partial charge in [-0.1, -0.05) is 12.1 Å². The average Bonchev–Trinajstić information content (AvgIpc) is 2.48. The molecule has 0 unspecified atom stereocenters. The minimum atomic E-state index is 0.124. The van der Waals surface area contributed by atoms with Gasteiger partial charge in [-0.15, -0.1) is 6.58 Å². The molecule has 0 aliphatic heterocycles. The average molecular weight is 274 g/mol. The van der Waals surface area contributed by atoms with Crippen molar-refractivity contribution < 1.29 is 9.53 Å². The Morgan fingerprint density at radius 2 is 2.20 bits per heavy atom. The van der Waals surface area contributed by atoms with Gasteiger partial charge in [0.1, 0.15) is 6.10 Å². The second-order valence-corrected chi connectivity index (χ2v) is 5.15. The Hall–Kier alpha value is -1.84. The highest BCUT2D eigenvalue weighted by atomic mass is 16.5. The van der Waals surface area contributed by atoms with Crippen LogP contribution in [0.15, 0.2) is 37.1 Å². The lowest BCUT2D eigenvalue weighted by Crippen LogP contribution is -2.39. The van der Waals surface area contributed by atoms with Gasteiger partial charge in [-0.3, -0.25) is 4.79 Å². The zero-order valence-corrected chi connectivity index (χ0v) is 11.8. The molecule has 108 valence electrons. The van der Waals surface area contributed by atoms with E-state index in [0.717, 1.165) is 32.1 Å². The predicted molar refractivity (Wildman–Crippen MR) is 78.5 cm³/mol. The Bertz CT molecular complexity index is 425. The molecule has 1 saturated carbocycles. The third-order valence-corrected chi connectivity index (χ3v) is 3.54. The highest BCUT2D eigenvalue weighted by Crippen LogP contribution is 2.22. The first kappa shape index (κ1) is 14.6. The van der Waals surface area contributed by atoms with Crippen LogP contribution in [0.3, 0.4) is 0 Å². The Morgan fingerprint density at radius 1 is 1.40 bits per heavy atom. The number of nitrogens with zero attached hydrogens (tertiary/aromatic N) is 1. The van der Waals surface area contributed by atoms with Crippen LogP contribution < -0.4 is 10.1 Å². The standard InChI is InChI=1S/C16H22N2O2/c1-2-3-6-15(19)18-13-8-10-14(11-9-13)20-16-7-4-5-12-17-16/h2,4-5,7,12-14H,1,3,6,8-11H2,(H,18,19). The van der Waals surface area contributed by atoms with Gasteiger partial charge in [0, 0.05) is 24.7 Å². The summed E-state index contributed by atoms with van der Waals surface area (Å²) < 4.78 is 5.84. The van der Waals surface area contributed by atoms with Crippen molar-refractivity contribution in [3.05, 3.63) is 37.1 Å². The fraction of sp³-hybridized carbons (Fsp3) is 0.500. The van der Waals surface area contributed by atoms with Crippen molar-refractivity contribution >= 4 is 5.91 Å². The van der Waals surface area contributed by atoms with Crippen LogP contribution in [0.4, 0.5) is 0 Å². The van der Waals surface area contributed by atoms with Gasteiger partial charge < -0.3 is 10.1 Å². The lowest BCUT2D eigenvalue weighted by Gasteiger charge is -2.29. The van der Waals surface area contributed by atoms with E-state index < -0.39 is 0 Å². The fourth-order valence-electron chi connectivity index (χ4n) is 2.45. The van der Waals surface area contributed by atoms with E-state index in [-0.39, 0.29) is 18.1 Å². The topological polar surface area (TPSA) is 51.2 Å². The molecule has 0 spiro atoms. The maximum absolute atomic E-state index is 11.6. The van der Waals surface area contributed by atoms with Crippen molar-refractivity contribution in [3.63, 3.8) is 0 Å². The van der Waals surface area contributed by atoms with E-state index in [0.29, 0.717) is 12.3 Å². The van der Waals surface area contributed by atoms with Crippen LogP contribution in [0.2, 0.25) is 0 Å². The minimum Gasteiger partial charge on any atom is -0.474 e. The number of ether oxygens (including phenoxy) is 1. The normalized spacial score (nSPS) is 22.0. The third-order valence-electron chi connectivity index (χ3n) is 3.54. The summed E-state index contributed by atoms with van der Waals surface area (Å²) in [6, 6.07) is 5.97.